The van der Waals surface area contributed by atoms with Gasteiger partial charge in [-0.05, 0) is 29.6 Å². The van der Waals surface area contributed by atoms with Crippen LogP contribution in [0.3, 0.4) is 0 Å². The van der Waals surface area contributed by atoms with Crippen LogP contribution >= 0.6 is 22.9 Å². The number of carbonyl (C=O) groups excluding carboxylic acids is 1. The summed E-state index contributed by atoms with van der Waals surface area (Å²) >= 11 is 7.30. The van der Waals surface area contributed by atoms with Gasteiger partial charge in [0, 0.05) is 15.6 Å². The molecule has 0 unspecified atom stereocenters. The number of nitrogens with one attached hydrogen (secondary N) is 1. The minimum absolute atomic E-state index is 0.0407. The number of carboxylic acid groups (broad SMARTS) is 1. The Hall–Kier alpha value is -1.85. The van der Waals surface area contributed by atoms with Crippen LogP contribution in [0.15, 0.2) is 35.7 Å². The van der Waals surface area contributed by atoms with Crippen LogP contribution in [-0.4, -0.2) is 17.0 Å². The second-order valence-corrected chi connectivity index (χ2v) is 5.31. The highest BCUT2D eigenvalue weighted by atomic mass is 35.5. The molecule has 0 aliphatic rings. The lowest BCUT2D eigenvalue weighted by Gasteiger charge is -2.06. The molecule has 4 nitrogen and oxygen atoms in total. The zero-order valence-corrected chi connectivity index (χ0v) is 11.3. The quantitative estimate of drug-likeness (QED) is 0.909. The minimum Gasteiger partial charge on any atom is -0.478 e. The van der Waals surface area contributed by atoms with Gasteiger partial charge in [-0.25, -0.2) is 4.79 Å². The summed E-state index contributed by atoms with van der Waals surface area (Å²) in [5.74, 6) is -1.29. The van der Waals surface area contributed by atoms with Gasteiger partial charge in [0.1, 0.15) is 0 Å². The van der Waals surface area contributed by atoms with Crippen LogP contribution in [0, 0.1) is 0 Å². The van der Waals surface area contributed by atoms with Gasteiger partial charge in [0.2, 0.25) is 5.91 Å². The van der Waals surface area contributed by atoms with Gasteiger partial charge in [-0.15, -0.1) is 11.3 Å². The van der Waals surface area contributed by atoms with E-state index in [1.165, 1.54) is 29.5 Å². The van der Waals surface area contributed by atoms with Crippen molar-refractivity contribution in [3.63, 3.8) is 0 Å². The maximum atomic E-state index is 11.8. The molecule has 0 bridgehead atoms. The van der Waals surface area contributed by atoms with Crippen LogP contribution in [0.1, 0.15) is 15.2 Å². The summed E-state index contributed by atoms with van der Waals surface area (Å²) in [6.07, 6.45) is 0.257. The van der Waals surface area contributed by atoms with Crippen molar-refractivity contribution in [3.8, 4) is 0 Å². The molecule has 1 heterocycles. The fourth-order valence-electron chi connectivity index (χ4n) is 1.56. The second-order valence-electron chi connectivity index (χ2n) is 3.84. The number of hydrogen-bond acceptors (Lipinski definition) is 3. The smallest absolute Gasteiger partial charge is 0.335 e. The number of thiophene rings is 1. The van der Waals surface area contributed by atoms with Crippen LogP contribution in [0.5, 0.6) is 0 Å². The fraction of sp³-hybridized carbons (Fsp3) is 0.0769. The number of halogens is 1. The molecule has 0 radical (unpaired) electrons. The number of benzene rings is 1. The molecule has 0 saturated heterocycles. The number of anilines is 1. The van der Waals surface area contributed by atoms with Crippen molar-refractivity contribution in [2.45, 2.75) is 6.42 Å². The van der Waals surface area contributed by atoms with Crippen molar-refractivity contribution < 1.29 is 14.7 Å². The summed E-state index contributed by atoms with van der Waals surface area (Å²) < 4.78 is 0. The first-order valence-corrected chi connectivity index (χ1v) is 6.66. The lowest BCUT2D eigenvalue weighted by Crippen LogP contribution is -2.14. The summed E-state index contributed by atoms with van der Waals surface area (Å²) in [4.78, 5) is 23.6. The van der Waals surface area contributed by atoms with Crippen molar-refractivity contribution in [1.82, 2.24) is 0 Å². The zero-order chi connectivity index (χ0) is 13.8. The molecule has 98 valence electrons. The van der Waals surface area contributed by atoms with Crippen molar-refractivity contribution in [2.75, 3.05) is 5.32 Å². The Morgan fingerprint density at radius 3 is 2.74 bits per heavy atom. The number of amides is 1. The highest BCUT2D eigenvalue weighted by Gasteiger charge is 2.09. The number of hydrogen-bond donors (Lipinski definition) is 2. The van der Waals surface area contributed by atoms with Crippen molar-refractivity contribution in [3.05, 3.63) is 51.2 Å². The Kier molecular flexibility index (Phi) is 4.19. The van der Waals surface area contributed by atoms with Crippen LogP contribution < -0.4 is 5.32 Å². The first-order valence-electron chi connectivity index (χ1n) is 5.41. The van der Waals surface area contributed by atoms with Gasteiger partial charge in [-0.2, -0.15) is 0 Å². The average molecular weight is 296 g/mol. The Balaban J connectivity index is 2.10. The summed E-state index contributed by atoms with van der Waals surface area (Å²) in [6.45, 7) is 0. The van der Waals surface area contributed by atoms with Crippen LogP contribution in [0.2, 0.25) is 5.02 Å². The zero-order valence-electron chi connectivity index (χ0n) is 9.72. The molecule has 1 aromatic carbocycles. The Morgan fingerprint density at radius 1 is 1.32 bits per heavy atom. The first kappa shape index (κ1) is 13.6. The highest BCUT2D eigenvalue weighted by molar-refractivity contribution is 7.10. The van der Waals surface area contributed by atoms with E-state index >= 15 is 0 Å². The molecule has 1 aromatic heterocycles. The molecule has 0 aliphatic carbocycles. The standard InChI is InChI=1S/C13H10ClNO3S/c14-9-4-8(13(17)18)5-10(6-9)15-12(16)7-11-2-1-3-19-11/h1-6H,7H2,(H,15,16)(H,17,18). The summed E-state index contributed by atoms with van der Waals surface area (Å²) in [7, 11) is 0. The Labute approximate surface area is 118 Å². The molecule has 0 fully saturated rings. The number of rotatable bonds is 4. The van der Waals surface area contributed by atoms with E-state index in [0.717, 1.165) is 4.88 Å². The van der Waals surface area contributed by atoms with Crippen molar-refractivity contribution in [2.24, 2.45) is 0 Å². The van der Waals surface area contributed by atoms with Gasteiger partial charge in [0.15, 0.2) is 0 Å². The highest BCUT2D eigenvalue weighted by Crippen LogP contribution is 2.20. The third-order valence-corrected chi connectivity index (χ3v) is 3.44. The largest absolute Gasteiger partial charge is 0.478 e. The molecule has 2 N–H and O–H groups in total. The Bertz CT molecular complexity index is 610. The predicted molar refractivity (Wildman–Crippen MR) is 75.1 cm³/mol. The van der Waals surface area contributed by atoms with Crippen molar-refractivity contribution >= 4 is 40.5 Å². The molecular weight excluding hydrogens is 286 g/mol. The predicted octanol–water partition coefficient (Wildman–Crippen LogP) is 3.28. The Morgan fingerprint density at radius 2 is 2.11 bits per heavy atom. The second kappa shape index (κ2) is 5.86. The number of aromatic carboxylic acids is 1. The number of carbonyl (C=O) groups is 2. The molecule has 0 aliphatic heterocycles. The normalized spacial score (nSPS) is 10.2. The maximum absolute atomic E-state index is 11.8. The number of carboxylic acids is 1. The third-order valence-electron chi connectivity index (χ3n) is 2.34. The summed E-state index contributed by atoms with van der Waals surface area (Å²) in [6, 6.07) is 7.96. The third kappa shape index (κ3) is 3.81. The average Bonchev–Trinajstić information content (AvgIpc) is 2.80. The molecular formula is C13H10ClNO3S. The van der Waals surface area contributed by atoms with E-state index in [1.54, 1.807) is 0 Å². The lowest BCUT2D eigenvalue weighted by molar-refractivity contribution is -0.115. The fourth-order valence-corrected chi connectivity index (χ4v) is 2.50. The van der Waals surface area contributed by atoms with Crippen LogP contribution in [0.4, 0.5) is 5.69 Å². The van der Waals surface area contributed by atoms with E-state index < -0.39 is 5.97 Å². The minimum atomic E-state index is -1.09. The SMILES string of the molecule is O=C(Cc1cccs1)Nc1cc(Cl)cc(C(=O)O)c1. The van der Waals surface area contributed by atoms with E-state index in [1.807, 2.05) is 17.5 Å². The van der Waals surface area contributed by atoms with Crippen molar-refractivity contribution in [1.29, 1.82) is 0 Å². The van der Waals surface area contributed by atoms with E-state index in [0.29, 0.717) is 5.69 Å². The van der Waals surface area contributed by atoms with Gasteiger partial charge in [0.25, 0.3) is 0 Å². The molecule has 0 saturated carbocycles. The van der Waals surface area contributed by atoms with E-state index in [9.17, 15) is 9.59 Å². The first-order chi connectivity index (χ1) is 9.04. The van der Waals surface area contributed by atoms with E-state index in [-0.39, 0.29) is 22.9 Å². The van der Waals surface area contributed by atoms with Gasteiger partial charge >= 0.3 is 5.97 Å². The lowest BCUT2D eigenvalue weighted by atomic mass is 10.2. The summed E-state index contributed by atoms with van der Waals surface area (Å²) in [5, 5.41) is 13.7. The molecule has 2 aromatic rings. The van der Waals surface area contributed by atoms with Gasteiger partial charge in [-0.3, -0.25) is 4.79 Å². The topological polar surface area (TPSA) is 66.4 Å². The molecule has 0 atom stereocenters. The monoisotopic (exact) mass is 295 g/mol. The molecule has 1 amide bonds. The van der Waals surface area contributed by atoms with Gasteiger partial charge < -0.3 is 10.4 Å². The van der Waals surface area contributed by atoms with E-state index in [4.69, 9.17) is 16.7 Å². The van der Waals surface area contributed by atoms with Gasteiger partial charge in [0.05, 0.1) is 12.0 Å². The maximum Gasteiger partial charge on any atom is 0.335 e. The van der Waals surface area contributed by atoms with Crippen LogP contribution in [0.25, 0.3) is 0 Å². The molecule has 6 heteroatoms. The molecule has 19 heavy (non-hydrogen) atoms. The summed E-state index contributed by atoms with van der Waals surface area (Å²) in [5.41, 5.74) is 0.422. The van der Waals surface area contributed by atoms with Gasteiger partial charge in [-0.1, -0.05) is 17.7 Å². The van der Waals surface area contributed by atoms with Crippen LogP contribution in [-0.2, 0) is 11.2 Å². The molecule has 0 spiro atoms. The molecule has 2 rings (SSSR count). The van der Waals surface area contributed by atoms with E-state index in [2.05, 4.69) is 5.32 Å².